The van der Waals surface area contributed by atoms with Gasteiger partial charge in [-0.05, 0) is 57.0 Å². The van der Waals surface area contributed by atoms with Crippen molar-refractivity contribution >= 4 is 28.3 Å². The highest BCUT2D eigenvalue weighted by Gasteiger charge is 2.49. The van der Waals surface area contributed by atoms with Gasteiger partial charge in [-0.25, -0.2) is 9.83 Å². The molecule has 0 atom stereocenters. The highest BCUT2D eigenvalue weighted by atomic mass is 16.5. The number of ether oxygens (including phenoxy) is 1. The van der Waals surface area contributed by atoms with Crippen molar-refractivity contribution in [1.29, 1.82) is 0 Å². The maximum atomic E-state index is 12.1. The molecular weight excluding hydrogens is 480 g/mol. The van der Waals surface area contributed by atoms with Gasteiger partial charge in [-0.1, -0.05) is 12.6 Å². The summed E-state index contributed by atoms with van der Waals surface area (Å²) in [5.74, 6) is 0.573. The number of aromatic amines is 1. The molecule has 0 bridgehead atoms. The molecule has 2 aromatic heterocycles. The first-order valence-electron chi connectivity index (χ1n) is 13.2. The molecule has 6 rings (SSSR count). The van der Waals surface area contributed by atoms with Crippen LogP contribution in [0.15, 0.2) is 31.0 Å². The summed E-state index contributed by atoms with van der Waals surface area (Å²) >= 11 is 0. The van der Waals surface area contributed by atoms with Crippen LogP contribution in [0.4, 0.5) is 11.5 Å². The minimum absolute atomic E-state index is 0.0142. The lowest BCUT2D eigenvalue weighted by atomic mass is 9.79. The molecule has 3 aromatic rings. The zero-order valence-corrected chi connectivity index (χ0v) is 21.7. The van der Waals surface area contributed by atoms with E-state index in [0.29, 0.717) is 42.9 Å². The average Bonchev–Trinajstić information content (AvgIpc) is 3.68. The van der Waals surface area contributed by atoms with E-state index in [1.54, 1.807) is 6.20 Å². The molecule has 0 radical (unpaired) electrons. The van der Waals surface area contributed by atoms with E-state index in [-0.39, 0.29) is 11.3 Å². The third-order valence-electron chi connectivity index (χ3n) is 8.14. The van der Waals surface area contributed by atoms with Crippen LogP contribution >= 0.6 is 0 Å². The Morgan fingerprint density at radius 3 is 2.82 bits per heavy atom. The van der Waals surface area contributed by atoms with Crippen molar-refractivity contribution in [3.8, 4) is 17.3 Å². The Kier molecular flexibility index (Phi) is 6.24. The molecule has 5 heterocycles. The van der Waals surface area contributed by atoms with Crippen LogP contribution in [0.5, 0.6) is 6.01 Å². The summed E-state index contributed by atoms with van der Waals surface area (Å²) in [7, 11) is 0. The number of hydrogen-bond acceptors (Lipinski definition) is 7. The summed E-state index contributed by atoms with van der Waals surface area (Å²) in [4.78, 5) is 32.0. The minimum Gasteiger partial charge on any atom is -0.462 e. The molecule has 1 amide bonds. The van der Waals surface area contributed by atoms with Gasteiger partial charge in [-0.3, -0.25) is 14.8 Å². The maximum absolute atomic E-state index is 12.1. The topological polar surface area (TPSA) is 94.8 Å². The van der Waals surface area contributed by atoms with Gasteiger partial charge in [-0.2, -0.15) is 10.1 Å². The number of aromatic nitrogens is 4. The fraction of sp³-hybridized carbons (Fsp3) is 0.464. The molecule has 1 N–H and O–H groups in total. The SMILES string of the molecule is [C-]#[N+]c1c(-c2c(C)ccc3[nH]ncc23)nc(OCCN2CCCC2)nc1N1CCC2(CN(C(=O)C=C)C2)C1. The van der Waals surface area contributed by atoms with Gasteiger partial charge in [0.05, 0.1) is 24.0 Å². The van der Waals surface area contributed by atoms with E-state index in [9.17, 15) is 4.79 Å². The lowest BCUT2D eigenvalue weighted by Crippen LogP contribution is -2.59. The number of likely N-dealkylation sites (tertiary alicyclic amines) is 2. The van der Waals surface area contributed by atoms with Gasteiger partial charge in [0, 0.05) is 49.1 Å². The normalized spacial score (nSPS) is 18.6. The highest BCUT2D eigenvalue weighted by molar-refractivity contribution is 6.00. The Labute approximate surface area is 222 Å². The number of benzene rings is 1. The van der Waals surface area contributed by atoms with E-state index >= 15 is 0 Å². The summed E-state index contributed by atoms with van der Waals surface area (Å²) in [6.45, 7) is 20.2. The van der Waals surface area contributed by atoms with Gasteiger partial charge in [0.2, 0.25) is 5.91 Å². The number of anilines is 1. The number of fused-ring (bicyclic) bond motifs is 1. The van der Waals surface area contributed by atoms with Crippen LogP contribution in [-0.4, -0.2) is 88.3 Å². The number of nitrogens with zero attached hydrogens (tertiary/aromatic N) is 7. The molecule has 1 spiro atoms. The van der Waals surface area contributed by atoms with Crippen molar-refractivity contribution in [3.63, 3.8) is 0 Å². The van der Waals surface area contributed by atoms with E-state index in [2.05, 4.69) is 31.4 Å². The highest BCUT2D eigenvalue weighted by Crippen LogP contribution is 2.46. The van der Waals surface area contributed by atoms with Crippen molar-refractivity contribution in [2.45, 2.75) is 26.2 Å². The molecule has 10 heteroatoms. The van der Waals surface area contributed by atoms with Crippen LogP contribution in [0.3, 0.4) is 0 Å². The largest absolute Gasteiger partial charge is 0.462 e. The quantitative estimate of drug-likeness (QED) is 0.382. The second-order valence-corrected chi connectivity index (χ2v) is 10.7. The summed E-state index contributed by atoms with van der Waals surface area (Å²) in [5.41, 5.74) is 3.77. The first-order valence-corrected chi connectivity index (χ1v) is 13.2. The maximum Gasteiger partial charge on any atom is 0.316 e. The van der Waals surface area contributed by atoms with Gasteiger partial charge in [0.1, 0.15) is 12.4 Å². The van der Waals surface area contributed by atoms with Gasteiger partial charge in [-0.15, -0.1) is 0 Å². The number of rotatable bonds is 7. The Hall–Kier alpha value is -3.97. The fourth-order valence-electron chi connectivity index (χ4n) is 6.12. The second kappa shape index (κ2) is 9.72. The first kappa shape index (κ1) is 24.4. The number of carbonyl (C=O) groups is 1. The summed E-state index contributed by atoms with van der Waals surface area (Å²) < 4.78 is 6.14. The smallest absolute Gasteiger partial charge is 0.316 e. The summed E-state index contributed by atoms with van der Waals surface area (Å²) in [5, 5.41) is 8.18. The number of hydrogen-bond donors (Lipinski definition) is 1. The van der Waals surface area contributed by atoms with Crippen molar-refractivity contribution < 1.29 is 9.53 Å². The number of amides is 1. The third-order valence-corrected chi connectivity index (χ3v) is 8.14. The summed E-state index contributed by atoms with van der Waals surface area (Å²) in [6, 6.07) is 4.30. The van der Waals surface area contributed by atoms with Crippen LogP contribution < -0.4 is 9.64 Å². The minimum atomic E-state index is -0.0300. The standard InChI is InChI=1S/C28H32N8O2/c1-4-22(37)36-17-28(18-36)9-12-35(16-28)26-25(29-3)24(23-19(2)7-8-21-20(23)15-30-33-21)31-27(32-26)38-14-13-34-10-5-6-11-34/h4,7-8,15H,1,5-6,9-14,16-18H2,2H3,(H,30,33). The molecule has 1 aromatic carbocycles. The third kappa shape index (κ3) is 4.27. The first-order chi connectivity index (χ1) is 18.5. The van der Waals surface area contributed by atoms with Crippen LogP contribution in [-0.2, 0) is 4.79 Å². The Morgan fingerprint density at radius 2 is 2.05 bits per heavy atom. The van der Waals surface area contributed by atoms with Crippen LogP contribution in [0.25, 0.3) is 27.0 Å². The molecule has 3 aliphatic heterocycles. The fourth-order valence-corrected chi connectivity index (χ4v) is 6.12. The average molecular weight is 513 g/mol. The van der Waals surface area contributed by atoms with E-state index < -0.39 is 0 Å². The number of nitrogens with one attached hydrogen (secondary N) is 1. The molecule has 0 saturated carbocycles. The van der Waals surface area contributed by atoms with Crippen molar-refractivity contribution in [1.82, 2.24) is 30.0 Å². The number of H-pyrrole nitrogens is 1. The monoisotopic (exact) mass is 512 g/mol. The molecule has 3 fully saturated rings. The lowest BCUT2D eigenvalue weighted by molar-refractivity contribution is -0.136. The van der Waals surface area contributed by atoms with Gasteiger partial charge in [0.25, 0.3) is 5.69 Å². The van der Waals surface area contributed by atoms with Crippen molar-refractivity contribution in [3.05, 3.63) is 48.0 Å². The van der Waals surface area contributed by atoms with Gasteiger partial charge in [0.15, 0.2) is 0 Å². The van der Waals surface area contributed by atoms with Gasteiger partial charge < -0.3 is 14.5 Å². The Balaban J connectivity index is 1.36. The molecule has 0 aliphatic carbocycles. The van der Waals surface area contributed by atoms with Crippen molar-refractivity contribution in [2.75, 3.05) is 57.3 Å². The zero-order valence-electron chi connectivity index (χ0n) is 21.7. The molecule has 10 nitrogen and oxygen atoms in total. The van der Waals surface area contributed by atoms with Crippen LogP contribution in [0.1, 0.15) is 24.8 Å². The van der Waals surface area contributed by atoms with E-state index in [0.717, 1.165) is 61.2 Å². The van der Waals surface area contributed by atoms with Crippen molar-refractivity contribution in [2.24, 2.45) is 5.41 Å². The second-order valence-electron chi connectivity index (χ2n) is 10.7. The van der Waals surface area contributed by atoms with Crippen LogP contribution in [0, 0.1) is 18.9 Å². The molecule has 0 unspecified atom stereocenters. The summed E-state index contributed by atoms with van der Waals surface area (Å²) in [6.07, 6.45) is 6.55. The Bertz CT molecular complexity index is 1430. The molecule has 196 valence electrons. The molecule has 3 aliphatic rings. The predicted octanol–water partition coefficient (Wildman–Crippen LogP) is 3.58. The predicted molar refractivity (Wildman–Crippen MR) is 145 cm³/mol. The van der Waals surface area contributed by atoms with Gasteiger partial charge >= 0.3 is 6.01 Å². The molecule has 3 saturated heterocycles. The number of carbonyl (C=O) groups excluding carboxylic acids is 1. The zero-order chi connectivity index (χ0) is 26.3. The van der Waals surface area contributed by atoms with E-state index in [4.69, 9.17) is 21.3 Å². The van der Waals surface area contributed by atoms with Crippen LogP contribution in [0.2, 0.25) is 0 Å². The Morgan fingerprint density at radius 1 is 1.24 bits per heavy atom. The molecule has 38 heavy (non-hydrogen) atoms. The van der Waals surface area contributed by atoms with E-state index in [1.165, 1.54) is 18.9 Å². The lowest BCUT2D eigenvalue weighted by Gasteiger charge is -2.47. The van der Waals surface area contributed by atoms with E-state index in [1.807, 2.05) is 24.0 Å². The molecular formula is C28H32N8O2. The number of aryl methyl sites for hydroxylation is 1.